The lowest BCUT2D eigenvalue weighted by Crippen LogP contribution is -2.15. The third-order valence-corrected chi connectivity index (χ3v) is 3.70. The van der Waals surface area contributed by atoms with E-state index in [1.807, 2.05) is 31.2 Å². The Labute approximate surface area is 128 Å². The fourth-order valence-corrected chi connectivity index (χ4v) is 2.49. The van der Waals surface area contributed by atoms with Gasteiger partial charge in [-0.15, -0.1) is 0 Å². The van der Waals surface area contributed by atoms with Gasteiger partial charge in [0.15, 0.2) is 11.5 Å². The highest BCUT2D eigenvalue weighted by molar-refractivity contribution is 5.75. The van der Waals surface area contributed by atoms with Crippen molar-refractivity contribution in [1.29, 1.82) is 0 Å². The zero-order chi connectivity index (χ0) is 15.5. The first-order valence-corrected chi connectivity index (χ1v) is 7.10. The summed E-state index contributed by atoms with van der Waals surface area (Å²) < 4.78 is 15.9. The zero-order valence-corrected chi connectivity index (χ0v) is 12.6. The number of pyridine rings is 1. The number of nitrogens with zero attached hydrogens (tertiary/aromatic N) is 1. The molecule has 0 bridgehead atoms. The van der Waals surface area contributed by atoms with Crippen LogP contribution in [-0.2, 0) is 16.0 Å². The van der Waals surface area contributed by atoms with E-state index in [-0.39, 0.29) is 12.4 Å². The Kier molecular flexibility index (Phi) is 3.96. The number of esters is 1. The number of carbonyl (C=O) groups excluding carboxylic acids is 1. The van der Waals surface area contributed by atoms with Crippen LogP contribution in [0.5, 0.6) is 11.5 Å². The van der Waals surface area contributed by atoms with Gasteiger partial charge in [-0.25, -0.2) is 0 Å². The highest BCUT2D eigenvalue weighted by Gasteiger charge is 2.15. The first-order chi connectivity index (χ1) is 10.7. The molecule has 1 aliphatic rings. The number of carbonyl (C=O) groups is 1. The van der Waals surface area contributed by atoms with Crippen molar-refractivity contribution in [2.24, 2.45) is 0 Å². The molecule has 5 heteroatoms. The van der Waals surface area contributed by atoms with E-state index in [9.17, 15) is 4.79 Å². The molecule has 114 valence electrons. The maximum Gasteiger partial charge on any atom is 0.311 e. The number of aromatic nitrogens is 1. The predicted octanol–water partition coefficient (Wildman–Crippen LogP) is 2.54. The fraction of sp³-hybridized carbons (Fsp3) is 0.294. The normalized spacial score (nSPS) is 12.8. The molecule has 2 heterocycles. The first-order valence-electron chi connectivity index (χ1n) is 7.10. The standard InChI is InChI=1S/C17H17NO4/c1-11-13(5-6-18-14(11)10-17(19)20-2)12-3-4-15-16(9-12)22-8-7-21-15/h3-6,9H,7-8,10H2,1-2H3. The van der Waals surface area contributed by atoms with E-state index in [4.69, 9.17) is 14.2 Å². The lowest BCUT2D eigenvalue weighted by Gasteiger charge is -2.19. The summed E-state index contributed by atoms with van der Waals surface area (Å²) in [6.45, 7) is 3.08. The van der Waals surface area contributed by atoms with Crippen LogP contribution >= 0.6 is 0 Å². The molecule has 0 atom stereocenters. The monoisotopic (exact) mass is 299 g/mol. The molecule has 0 N–H and O–H groups in total. The van der Waals surface area contributed by atoms with Gasteiger partial charge in [0, 0.05) is 6.20 Å². The molecular weight excluding hydrogens is 282 g/mol. The highest BCUT2D eigenvalue weighted by Crippen LogP contribution is 2.35. The molecule has 1 aromatic carbocycles. The lowest BCUT2D eigenvalue weighted by atomic mass is 9.98. The number of fused-ring (bicyclic) bond motifs is 1. The summed E-state index contributed by atoms with van der Waals surface area (Å²) in [7, 11) is 1.38. The summed E-state index contributed by atoms with van der Waals surface area (Å²) in [6.07, 6.45) is 1.87. The molecule has 1 aromatic heterocycles. The van der Waals surface area contributed by atoms with E-state index in [2.05, 4.69) is 4.98 Å². The second-order valence-electron chi connectivity index (χ2n) is 5.04. The summed E-state index contributed by atoms with van der Waals surface area (Å²) in [4.78, 5) is 15.8. The number of rotatable bonds is 3. The van der Waals surface area contributed by atoms with E-state index in [1.54, 1.807) is 6.20 Å². The molecular formula is C17H17NO4. The number of benzene rings is 1. The zero-order valence-electron chi connectivity index (χ0n) is 12.6. The van der Waals surface area contributed by atoms with Gasteiger partial charge in [0.2, 0.25) is 0 Å². The molecule has 0 amide bonds. The van der Waals surface area contributed by atoms with Crippen molar-refractivity contribution in [3.8, 4) is 22.6 Å². The average molecular weight is 299 g/mol. The molecule has 0 spiro atoms. The number of hydrogen-bond donors (Lipinski definition) is 0. The Hall–Kier alpha value is -2.56. The minimum absolute atomic E-state index is 0.167. The minimum atomic E-state index is -0.296. The Balaban J connectivity index is 1.98. The van der Waals surface area contributed by atoms with Crippen LogP contribution in [0.15, 0.2) is 30.5 Å². The van der Waals surface area contributed by atoms with Gasteiger partial charge >= 0.3 is 5.97 Å². The average Bonchev–Trinajstić information content (AvgIpc) is 2.56. The molecule has 0 aliphatic carbocycles. The van der Waals surface area contributed by atoms with Gasteiger partial charge < -0.3 is 14.2 Å². The highest BCUT2D eigenvalue weighted by atomic mass is 16.6. The van der Waals surface area contributed by atoms with Gasteiger partial charge in [-0.05, 0) is 41.8 Å². The van der Waals surface area contributed by atoms with Gasteiger partial charge in [0.05, 0.1) is 19.2 Å². The Morgan fingerprint density at radius 2 is 2.00 bits per heavy atom. The Morgan fingerprint density at radius 1 is 1.23 bits per heavy atom. The van der Waals surface area contributed by atoms with E-state index in [0.717, 1.165) is 33.9 Å². The molecule has 0 unspecified atom stereocenters. The van der Waals surface area contributed by atoms with Crippen LogP contribution in [0, 0.1) is 6.92 Å². The van der Waals surface area contributed by atoms with E-state index in [1.165, 1.54) is 7.11 Å². The summed E-state index contributed by atoms with van der Waals surface area (Å²) in [5.41, 5.74) is 3.71. The van der Waals surface area contributed by atoms with Crippen molar-refractivity contribution >= 4 is 5.97 Å². The van der Waals surface area contributed by atoms with Gasteiger partial charge in [0.25, 0.3) is 0 Å². The van der Waals surface area contributed by atoms with Crippen LogP contribution in [0.1, 0.15) is 11.3 Å². The maximum atomic E-state index is 11.5. The van der Waals surface area contributed by atoms with Gasteiger partial charge in [-0.2, -0.15) is 0 Å². The molecule has 0 saturated carbocycles. The van der Waals surface area contributed by atoms with Crippen molar-refractivity contribution in [2.45, 2.75) is 13.3 Å². The summed E-state index contributed by atoms with van der Waals surface area (Å²) in [5, 5.41) is 0. The second-order valence-corrected chi connectivity index (χ2v) is 5.04. The Bertz CT molecular complexity index is 712. The third kappa shape index (κ3) is 2.74. The topological polar surface area (TPSA) is 57.7 Å². The summed E-state index contributed by atoms with van der Waals surface area (Å²) >= 11 is 0. The SMILES string of the molecule is COC(=O)Cc1nccc(-c2ccc3c(c2)OCCO3)c1C. The number of hydrogen-bond acceptors (Lipinski definition) is 5. The molecule has 1 aliphatic heterocycles. The predicted molar refractivity (Wildman–Crippen MR) is 81.1 cm³/mol. The van der Waals surface area contributed by atoms with Crippen LogP contribution in [0.25, 0.3) is 11.1 Å². The van der Waals surface area contributed by atoms with E-state index < -0.39 is 0 Å². The van der Waals surface area contributed by atoms with E-state index >= 15 is 0 Å². The largest absolute Gasteiger partial charge is 0.486 e. The van der Waals surface area contributed by atoms with Crippen molar-refractivity contribution < 1.29 is 19.0 Å². The van der Waals surface area contributed by atoms with Crippen molar-refractivity contribution in [3.05, 3.63) is 41.7 Å². The molecule has 0 saturated heterocycles. The quantitative estimate of drug-likeness (QED) is 0.815. The molecule has 5 nitrogen and oxygen atoms in total. The van der Waals surface area contributed by atoms with Gasteiger partial charge in [0.1, 0.15) is 13.2 Å². The van der Waals surface area contributed by atoms with Crippen LogP contribution in [0.2, 0.25) is 0 Å². The van der Waals surface area contributed by atoms with Crippen molar-refractivity contribution in [1.82, 2.24) is 4.98 Å². The van der Waals surface area contributed by atoms with Gasteiger partial charge in [-0.1, -0.05) is 6.07 Å². The van der Waals surface area contributed by atoms with Crippen LogP contribution in [0.3, 0.4) is 0 Å². The number of methoxy groups -OCH3 is 1. The Morgan fingerprint density at radius 3 is 2.77 bits per heavy atom. The molecule has 0 radical (unpaired) electrons. The number of ether oxygens (including phenoxy) is 3. The molecule has 22 heavy (non-hydrogen) atoms. The smallest absolute Gasteiger partial charge is 0.311 e. The second kappa shape index (κ2) is 6.05. The fourth-order valence-electron chi connectivity index (χ4n) is 2.49. The van der Waals surface area contributed by atoms with E-state index in [0.29, 0.717) is 13.2 Å². The third-order valence-electron chi connectivity index (χ3n) is 3.70. The molecule has 0 fully saturated rings. The summed E-state index contributed by atoms with van der Waals surface area (Å²) in [5.74, 6) is 1.21. The molecule has 2 aromatic rings. The van der Waals surface area contributed by atoms with Crippen LogP contribution in [0.4, 0.5) is 0 Å². The van der Waals surface area contributed by atoms with Gasteiger partial charge in [-0.3, -0.25) is 9.78 Å². The first kappa shape index (κ1) is 14.4. The van der Waals surface area contributed by atoms with Crippen molar-refractivity contribution in [2.75, 3.05) is 20.3 Å². The minimum Gasteiger partial charge on any atom is -0.486 e. The van der Waals surface area contributed by atoms with Crippen LogP contribution in [-0.4, -0.2) is 31.3 Å². The maximum absolute atomic E-state index is 11.5. The summed E-state index contributed by atoms with van der Waals surface area (Å²) in [6, 6.07) is 7.78. The lowest BCUT2D eigenvalue weighted by molar-refractivity contribution is -0.139. The van der Waals surface area contributed by atoms with Crippen LogP contribution < -0.4 is 9.47 Å². The molecule has 3 rings (SSSR count). The van der Waals surface area contributed by atoms with Crippen molar-refractivity contribution in [3.63, 3.8) is 0 Å².